The number of fused-ring (bicyclic) bond motifs is 1. The molecule has 182 valence electrons. The molecule has 35 heavy (non-hydrogen) atoms. The number of halogens is 4. The molecule has 0 aliphatic rings. The molecule has 0 radical (unpaired) electrons. The SMILES string of the molecule is CC(C)(C)c1ccc(C(=O)Nc2n[nH]c3ccc(OCc4ccc(F)cc4C(F)(F)F)cc23)cc1. The lowest BCUT2D eigenvalue weighted by molar-refractivity contribution is -0.138. The molecule has 0 atom stereocenters. The Kier molecular flexibility index (Phi) is 6.27. The smallest absolute Gasteiger partial charge is 0.416 e. The monoisotopic (exact) mass is 485 g/mol. The van der Waals surface area contributed by atoms with Crippen molar-refractivity contribution in [2.75, 3.05) is 5.32 Å². The molecule has 0 saturated carbocycles. The minimum absolute atomic E-state index is 0.0431. The summed E-state index contributed by atoms with van der Waals surface area (Å²) in [4.78, 5) is 12.7. The van der Waals surface area contributed by atoms with Crippen molar-refractivity contribution in [2.45, 2.75) is 39.0 Å². The van der Waals surface area contributed by atoms with Gasteiger partial charge in [0, 0.05) is 16.5 Å². The van der Waals surface area contributed by atoms with E-state index in [2.05, 4.69) is 36.3 Å². The number of aromatic amines is 1. The summed E-state index contributed by atoms with van der Waals surface area (Å²) in [5.41, 5.74) is 0.825. The summed E-state index contributed by atoms with van der Waals surface area (Å²) in [6, 6.07) is 14.5. The van der Waals surface area contributed by atoms with Gasteiger partial charge in [0.2, 0.25) is 0 Å². The number of benzene rings is 3. The number of hydrogen-bond acceptors (Lipinski definition) is 3. The van der Waals surface area contributed by atoms with Crippen LogP contribution in [0.5, 0.6) is 5.75 Å². The maximum Gasteiger partial charge on any atom is 0.416 e. The number of anilines is 1. The summed E-state index contributed by atoms with van der Waals surface area (Å²) >= 11 is 0. The van der Waals surface area contributed by atoms with Crippen LogP contribution in [0.3, 0.4) is 0 Å². The Morgan fingerprint density at radius 2 is 1.71 bits per heavy atom. The Labute approximate surface area is 199 Å². The van der Waals surface area contributed by atoms with E-state index in [1.54, 1.807) is 30.3 Å². The lowest BCUT2D eigenvalue weighted by Gasteiger charge is -2.19. The van der Waals surface area contributed by atoms with Gasteiger partial charge in [-0.25, -0.2) is 4.39 Å². The molecular weight excluding hydrogens is 462 g/mol. The van der Waals surface area contributed by atoms with Crippen LogP contribution in [-0.4, -0.2) is 16.1 Å². The Morgan fingerprint density at radius 1 is 1.00 bits per heavy atom. The van der Waals surface area contributed by atoms with Crippen molar-refractivity contribution in [2.24, 2.45) is 0 Å². The van der Waals surface area contributed by atoms with Crippen LogP contribution < -0.4 is 10.1 Å². The van der Waals surface area contributed by atoms with E-state index < -0.39 is 24.2 Å². The molecule has 0 aliphatic carbocycles. The maximum absolute atomic E-state index is 13.3. The maximum atomic E-state index is 13.3. The molecule has 4 aromatic rings. The van der Waals surface area contributed by atoms with Crippen molar-refractivity contribution >= 4 is 22.6 Å². The van der Waals surface area contributed by atoms with Crippen molar-refractivity contribution in [3.63, 3.8) is 0 Å². The van der Waals surface area contributed by atoms with E-state index in [-0.39, 0.29) is 28.5 Å². The van der Waals surface area contributed by atoms with Crippen LogP contribution in [0.1, 0.15) is 47.8 Å². The molecule has 0 aliphatic heterocycles. The van der Waals surface area contributed by atoms with Crippen LogP contribution in [0.15, 0.2) is 60.7 Å². The Balaban J connectivity index is 1.52. The summed E-state index contributed by atoms with van der Waals surface area (Å²) in [5.74, 6) is -0.810. The van der Waals surface area contributed by atoms with Gasteiger partial charge in [0.1, 0.15) is 18.2 Å². The number of H-pyrrole nitrogens is 1. The predicted octanol–water partition coefficient (Wildman–Crippen LogP) is 6.85. The number of nitrogens with zero attached hydrogens (tertiary/aromatic N) is 1. The average Bonchev–Trinajstić information content (AvgIpc) is 3.19. The van der Waals surface area contributed by atoms with E-state index in [0.29, 0.717) is 22.5 Å². The molecule has 5 nitrogen and oxygen atoms in total. The number of rotatable bonds is 5. The van der Waals surface area contributed by atoms with E-state index in [1.807, 2.05) is 12.1 Å². The third-order valence-electron chi connectivity index (χ3n) is 5.55. The molecule has 1 amide bonds. The van der Waals surface area contributed by atoms with Gasteiger partial charge >= 0.3 is 6.18 Å². The molecular formula is C26H23F4N3O2. The number of nitrogens with one attached hydrogen (secondary N) is 2. The van der Waals surface area contributed by atoms with Crippen LogP contribution in [0.2, 0.25) is 0 Å². The predicted molar refractivity (Wildman–Crippen MR) is 125 cm³/mol. The molecule has 1 aromatic heterocycles. The normalized spacial score (nSPS) is 12.1. The number of carbonyl (C=O) groups excluding carboxylic acids is 1. The number of amides is 1. The second-order valence-corrected chi connectivity index (χ2v) is 9.15. The first-order valence-electron chi connectivity index (χ1n) is 10.8. The van der Waals surface area contributed by atoms with E-state index in [0.717, 1.165) is 17.7 Å². The zero-order chi connectivity index (χ0) is 25.4. The summed E-state index contributed by atoms with van der Waals surface area (Å²) in [6.07, 6.45) is -4.71. The first-order valence-corrected chi connectivity index (χ1v) is 10.8. The van der Waals surface area contributed by atoms with Crippen LogP contribution in [0, 0.1) is 5.82 Å². The highest BCUT2D eigenvalue weighted by atomic mass is 19.4. The van der Waals surface area contributed by atoms with Crippen molar-refractivity contribution in [3.8, 4) is 5.75 Å². The van der Waals surface area contributed by atoms with Gasteiger partial charge in [-0.3, -0.25) is 9.89 Å². The summed E-state index contributed by atoms with van der Waals surface area (Å²) in [5, 5.41) is 10.2. The molecule has 0 bridgehead atoms. The molecule has 1 heterocycles. The Morgan fingerprint density at radius 3 is 2.37 bits per heavy atom. The third kappa shape index (κ3) is 5.45. The van der Waals surface area contributed by atoms with E-state index in [4.69, 9.17) is 4.74 Å². The second kappa shape index (κ2) is 9.05. The number of hydrogen-bond donors (Lipinski definition) is 2. The molecule has 4 rings (SSSR count). The van der Waals surface area contributed by atoms with Gasteiger partial charge < -0.3 is 10.1 Å². The van der Waals surface area contributed by atoms with Gasteiger partial charge in [0.15, 0.2) is 5.82 Å². The molecule has 0 fully saturated rings. The van der Waals surface area contributed by atoms with E-state index in [9.17, 15) is 22.4 Å². The lowest BCUT2D eigenvalue weighted by Crippen LogP contribution is -2.14. The first kappa shape index (κ1) is 24.3. The van der Waals surface area contributed by atoms with Gasteiger partial charge in [0.05, 0.1) is 11.1 Å². The summed E-state index contributed by atoms with van der Waals surface area (Å²) in [6.45, 7) is 5.83. The molecule has 0 spiro atoms. The summed E-state index contributed by atoms with van der Waals surface area (Å²) < 4.78 is 58.6. The molecule has 2 N–H and O–H groups in total. The number of ether oxygens (including phenoxy) is 1. The zero-order valence-electron chi connectivity index (χ0n) is 19.3. The number of aromatic nitrogens is 2. The minimum Gasteiger partial charge on any atom is -0.489 e. The lowest BCUT2D eigenvalue weighted by atomic mass is 9.87. The summed E-state index contributed by atoms with van der Waals surface area (Å²) in [7, 11) is 0. The topological polar surface area (TPSA) is 67.0 Å². The van der Waals surface area contributed by atoms with Gasteiger partial charge in [-0.15, -0.1) is 0 Å². The van der Waals surface area contributed by atoms with Crippen LogP contribution in [0.4, 0.5) is 23.4 Å². The minimum atomic E-state index is -4.71. The highest BCUT2D eigenvalue weighted by molar-refractivity contribution is 6.08. The molecule has 9 heteroatoms. The fraction of sp³-hybridized carbons (Fsp3) is 0.231. The van der Waals surface area contributed by atoms with Crippen molar-refractivity contribution in [1.82, 2.24) is 10.2 Å². The zero-order valence-corrected chi connectivity index (χ0v) is 19.3. The quantitative estimate of drug-likeness (QED) is 0.304. The average molecular weight is 485 g/mol. The molecule has 3 aromatic carbocycles. The van der Waals surface area contributed by atoms with Crippen molar-refractivity contribution in [1.29, 1.82) is 0 Å². The van der Waals surface area contributed by atoms with E-state index in [1.165, 1.54) is 0 Å². The van der Waals surface area contributed by atoms with Crippen molar-refractivity contribution in [3.05, 3.63) is 88.7 Å². The fourth-order valence-electron chi connectivity index (χ4n) is 3.58. The van der Waals surface area contributed by atoms with Gasteiger partial charge in [-0.1, -0.05) is 39.0 Å². The second-order valence-electron chi connectivity index (χ2n) is 9.15. The third-order valence-corrected chi connectivity index (χ3v) is 5.55. The molecule has 0 unspecified atom stereocenters. The van der Waals surface area contributed by atoms with Gasteiger partial charge in [0.25, 0.3) is 5.91 Å². The largest absolute Gasteiger partial charge is 0.489 e. The first-order chi connectivity index (χ1) is 16.4. The number of carbonyl (C=O) groups is 1. The Hall–Kier alpha value is -3.88. The number of alkyl halides is 3. The Bertz CT molecular complexity index is 1370. The fourth-order valence-corrected chi connectivity index (χ4v) is 3.58. The molecule has 0 saturated heterocycles. The van der Waals surface area contributed by atoms with Crippen LogP contribution in [-0.2, 0) is 18.2 Å². The van der Waals surface area contributed by atoms with Gasteiger partial charge in [-0.2, -0.15) is 18.3 Å². The van der Waals surface area contributed by atoms with Gasteiger partial charge in [-0.05, 0) is 53.4 Å². The van der Waals surface area contributed by atoms with Crippen LogP contribution >= 0.6 is 0 Å². The van der Waals surface area contributed by atoms with Crippen molar-refractivity contribution < 1.29 is 27.1 Å². The highest BCUT2D eigenvalue weighted by Gasteiger charge is 2.34. The standard InChI is InChI=1S/C26H23F4N3O2/c1-25(2,3)17-7-4-15(5-8-17)24(34)31-23-20-13-19(10-11-22(20)32-33-23)35-14-16-6-9-18(27)12-21(16)26(28,29)30/h4-13H,14H2,1-3H3,(H2,31,32,33,34). The highest BCUT2D eigenvalue weighted by Crippen LogP contribution is 2.33. The van der Waals surface area contributed by atoms with Crippen LogP contribution in [0.25, 0.3) is 10.9 Å². The van der Waals surface area contributed by atoms with E-state index >= 15 is 0 Å².